The van der Waals surface area contributed by atoms with Crippen LogP contribution in [0.4, 0.5) is 4.39 Å². The molecule has 0 aromatic heterocycles. The van der Waals surface area contributed by atoms with Crippen molar-refractivity contribution in [2.24, 2.45) is 0 Å². The van der Waals surface area contributed by atoms with Crippen LogP contribution in [-0.4, -0.2) is 44.0 Å². The molecule has 4 rings (SSSR count). The maximum atomic E-state index is 13.4. The third kappa shape index (κ3) is 3.28. The van der Waals surface area contributed by atoms with E-state index in [0.29, 0.717) is 25.5 Å². The van der Waals surface area contributed by atoms with E-state index in [1.807, 2.05) is 24.3 Å². The fourth-order valence-corrected chi connectivity index (χ4v) is 3.54. The van der Waals surface area contributed by atoms with Gasteiger partial charge in [-0.3, -0.25) is 4.90 Å². The molecule has 0 aliphatic carbocycles. The van der Waals surface area contributed by atoms with E-state index < -0.39 is 5.92 Å². The van der Waals surface area contributed by atoms with E-state index >= 15 is 0 Å². The molecule has 4 nitrogen and oxygen atoms in total. The Labute approximate surface area is 151 Å². The topological polar surface area (TPSA) is 38.8 Å². The van der Waals surface area contributed by atoms with Gasteiger partial charge in [-0.05, 0) is 23.8 Å². The Morgan fingerprint density at radius 1 is 1.08 bits per heavy atom. The number of hydrogen-bond donors (Lipinski definition) is 0. The molecule has 0 spiro atoms. The summed E-state index contributed by atoms with van der Waals surface area (Å²) < 4.78 is 25.0. The van der Waals surface area contributed by atoms with Gasteiger partial charge in [0.05, 0.1) is 25.7 Å². The van der Waals surface area contributed by atoms with Crippen LogP contribution >= 0.6 is 0 Å². The molecule has 1 unspecified atom stereocenters. The first-order valence-corrected chi connectivity index (χ1v) is 8.77. The quantitative estimate of drug-likeness (QED) is 0.791. The van der Waals surface area contributed by atoms with Crippen molar-refractivity contribution in [1.29, 1.82) is 0 Å². The summed E-state index contributed by atoms with van der Waals surface area (Å²) in [5.74, 6) is 0.721. The first-order valence-electron chi connectivity index (χ1n) is 8.77. The van der Waals surface area contributed by atoms with Crippen LogP contribution in [0.2, 0.25) is 0 Å². The number of ether oxygens (including phenoxy) is 2. The minimum absolute atomic E-state index is 0.302. The van der Waals surface area contributed by atoms with Gasteiger partial charge in [0.2, 0.25) is 0 Å². The molecule has 1 fully saturated rings. The lowest BCUT2D eigenvalue weighted by molar-refractivity contribution is -0.108. The van der Waals surface area contributed by atoms with Crippen molar-refractivity contribution in [2.45, 2.75) is 5.92 Å². The molecule has 2 aromatic carbocycles. The highest BCUT2D eigenvalue weighted by molar-refractivity contribution is 5.90. The lowest BCUT2D eigenvalue weighted by Crippen LogP contribution is -2.39. The maximum absolute atomic E-state index is 13.4. The summed E-state index contributed by atoms with van der Waals surface area (Å²) in [6.07, 6.45) is 0.944. The van der Waals surface area contributed by atoms with E-state index in [2.05, 4.69) is 4.90 Å². The Morgan fingerprint density at radius 2 is 1.81 bits per heavy atom. The average molecular weight is 353 g/mol. The van der Waals surface area contributed by atoms with Gasteiger partial charge in [0, 0.05) is 24.2 Å². The average Bonchev–Trinajstić information content (AvgIpc) is 2.68. The molecule has 1 saturated heterocycles. The molecule has 1 atom stereocenters. The van der Waals surface area contributed by atoms with Crippen molar-refractivity contribution in [3.8, 4) is 5.75 Å². The summed E-state index contributed by atoms with van der Waals surface area (Å²) >= 11 is 0. The van der Waals surface area contributed by atoms with Gasteiger partial charge in [0.15, 0.2) is 0 Å². The summed E-state index contributed by atoms with van der Waals surface area (Å²) in [6.45, 7) is 3.60. The Bertz CT molecular complexity index is 825. The summed E-state index contributed by atoms with van der Waals surface area (Å²) in [4.78, 5) is 14.3. The number of rotatable bonds is 4. The van der Waals surface area contributed by atoms with Crippen molar-refractivity contribution in [2.75, 3.05) is 32.8 Å². The standard InChI is InChI=1S/C21H20FNO3/c22-16-7-5-15(6-8-16)21-18(14-24)17-3-1-2-4-19(17)26-20(21)13-23-9-11-25-12-10-23/h1-8,14,18H,9-13H2. The van der Waals surface area contributed by atoms with E-state index in [-0.39, 0.29) is 5.82 Å². The smallest absolute Gasteiger partial charge is 0.132 e. The van der Waals surface area contributed by atoms with Gasteiger partial charge >= 0.3 is 0 Å². The summed E-state index contributed by atoms with van der Waals surface area (Å²) in [5.41, 5.74) is 2.46. The molecule has 5 heteroatoms. The van der Waals surface area contributed by atoms with E-state index in [1.165, 1.54) is 12.1 Å². The Hall–Kier alpha value is -2.50. The van der Waals surface area contributed by atoms with Crippen LogP contribution in [0.3, 0.4) is 0 Å². The van der Waals surface area contributed by atoms with E-state index in [1.54, 1.807) is 12.1 Å². The summed E-state index contributed by atoms with van der Waals surface area (Å²) in [7, 11) is 0. The number of hydrogen-bond acceptors (Lipinski definition) is 4. The number of para-hydroxylation sites is 1. The van der Waals surface area contributed by atoms with Crippen LogP contribution in [0.15, 0.2) is 54.3 Å². The monoisotopic (exact) mass is 353 g/mol. The molecule has 134 valence electrons. The number of carbonyl (C=O) groups is 1. The van der Waals surface area contributed by atoms with Crippen LogP contribution in [0.25, 0.3) is 5.57 Å². The zero-order chi connectivity index (χ0) is 17.9. The third-order valence-corrected chi connectivity index (χ3v) is 4.86. The maximum Gasteiger partial charge on any atom is 0.132 e. The Balaban J connectivity index is 1.79. The molecule has 0 bridgehead atoms. The fourth-order valence-electron chi connectivity index (χ4n) is 3.54. The van der Waals surface area contributed by atoms with Crippen molar-refractivity contribution >= 4 is 11.9 Å². The molecule has 2 heterocycles. The molecule has 0 radical (unpaired) electrons. The second-order valence-electron chi connectivity index (χ2n) is 6.49. The van der Waals surface area contributed by atoms with E-state index in [0.717, 1.165) is 41.8 Å². The van der Waals surface area contributed by atoms with Gasteiger partial charge in [0.25, 0.3) is 0 Å². The molecular weight excluding hydrogens is 333 g/mol. The van der Waals surface area contributed by atoms with Crippen LogP contribution in [0.5, 0.6) is 5.75 Å². The largest absolute Gasteiger partial charge is 0.460 e. The molecule has 2 aromatic rings. The zero-order valence-electron chi connectivity index (χ0n) is 14.4. The number of nitrogens with zero attached hydrogens (tertiary/aromatic N) is 1. The predicted octanol–water partition coefficient (Wildman–Crippen LogP) is 3.24. The third-order valence-electron chi connectivity index (χ3n) is 4.86. The number of fused-ring (bicyclic) bond motifs is 1. The van der Waals surface area contributed by atoms with Crippen LogP contribution < -0.4 is 4.74 Å². The molecule has 0 amide bonds. The van der Waals surface area contributed by atoms with Crippen LogP contribution in [0, 0.1) is 5.82 Å². The highest BCUT2D eigenvalue weighted by Gasteiger charge is 2.31. The highest BCUT2D eigenvalue weighted by atomic mass is 19.1. The number of halogens is 1. The highest BCUT2D eigenvalue weighted by Crippen LogP contribution is 2.43. The first-order chi connectivity index (χ1) is 12.8. The van der Waals surface area contributed by atoms with Gasteiger partial charge < -0.3 is 14.3 Å². The molecule has 2 aliphatic heterocycles. The number of allylic oxidation sites excluding steroid dienone is 1. The van der Waals surface area contributed by atoms with Crippen molar-refractivity contribution in [3.63, 3.8) is 0 Å². The molecular formula is C21H20FNO3. The minimum atomic E-state index is -0.429. The number of aldehydes is 1. The second-order valence-corrected chi connectivity index (χ2v) is 6.49. The molecule has 0 saturated carbocycles. The number of carbonyl (C=O) groups excluding carboxylic acids is 1. The summed E-state index contributed by atoms with van der Waals surface area (Å²) in [5, 5.41) is 0. The van der Waals surface area contributed by atoms with Gasteiger partial charge in [-0.1, -0.05) is 30.3 Å². The zero-order valence-corrected chi connectivity index (χ0v) is 14.4. The number of benzene rings is 2. The SMILES string of the molecule is O=CC1C(c2ccc(F)cc2)=C(CN2CCOCC2)Oc2ccccc21. The second kappa shape index (κ2) is 7.40. The van der Waals surface area contributed by atoms with Gasteiger partial charge in [-0.2, -0.15) is 0 Å². The van der Waals surface area contributed by atoms with Crippen LogP contribution in [0.1, 0.15) is 17.0 Å². The van der Waals surface area contributed by atoms with Crippen LogP contribution in [-0.2, 0) is 9.53 Å². The normalized spacial score (nSPS) is 20.4. The van der Waals surface area contributed by atoms with Gasteiger partial charge in [-0.15, -0.1) is 0 Å². The van der Waals surface area contributed by atoms with Gasteiger partial charge in [-0.25, -0.2) is 4.39 Å². The van der Waals surface area contributed by atoms with E-state index in [4.69, 9.17) is 9.47 Å². The lowest BCUT2D eigenvalue weighted by Gasteiger charge is -2.32. The molecule has 2 aliphatic rings. The number of morpholine rings is 1. The summed E-state index contributed by atoms with van der Waals surface area (Å²) in [6, 6.07) is 13.8. The van der Waals surface area contributed by atoms with Crippen molar-refractivity contribution in [3.05, 3.63) is 71.2 Å². The predicted molar refractivity (Wildman–Crippen MR) is 96.5 cm³/mol. The van der Waals surface area contributed by atoms with Crippen molar-refractivity contribution in [1.82, 2.24) is 4.90 Å². The minimum Gasteiger partial charge on any atom is -0.460 e. The molecule has 0 N–H and O–H groups in total. The first kappa shape index (κ1) is 16.9. The Morgan fingerprint density at radius 3 is 2.54 bits per heavy atom. The van der Waals surface area contributed by atoms with E-state index in [9.17, 15) is 9.18 Å². The lowest BCUT2D eigenvalue weighted by atomic mass is 9.84. The fraction of sp³-hybridized carbons (Fsp3) is 0.286. The van der Waals surface area contributed by atoms with Crippen molar-refractivity contribution < 1.29 is 18.7 Å². The molecule has 26 heavy (non-hydrogen) atoms. The Kier molecular flexibility index (Phi) is 4.82. The van der Waals surface area contributed by atoms with Gasteiger partial charge in [0.1, 0.15) is 23.6 Å².